The number of nitrogens with zero attached hydrogens (tertiary/aromatic N) is 1. The van der Waals surface area contributed by atoms with Crippen LogP contribution in [0.1, 0.15) is 21.5 Å². The predicted molar refractivity (Wildman–Crippen MR) is 194 cm³/mol. The minimum Gasteiger partial charge on any atom is -0.467 e. The Labute approximate surface area is 306 Å². The van der Waals surface area contributed by atoms with Gasteiger partial charge in [-0.2, -0.15) is 13.2 Å². The van der Waals surface area contributed by atoms with Crippen LogP contribution >= 0.6 is 0 Å². The maximum absolute atomic E-state index is 14.2. The second-order valence-corrected chi connectivity index (χ2v) is 15.9. The molecule has 9 nitrogen and oxygen atoms in total. The first kappa shape index (κ1) is 38.9. The van der Waals surface area contributed by atoms with Gasteiger partial charge in [0.2, 0.25) is 10.0 Å². The molecule has 0 aliphatic carbocycles. The van der Waals surface area contributed by atoms with E-state index >= 15 is 0 Å². The van der Waals surface area contributed by atoms with Crippen molar-refractivity contribution < 1.29 is 44.3 Å². The molecule has 0 unspecified atom stereocenters. The van der Waals surface area contributed by atoms with Gasteiger partial charge in [0.1, 0.15) is 6.04 Å². The number of nitrogens with one attached hydrogen (secondary N) is 1. The summed E-state index contributed by atoms with van der Waals surface area (Å²) in [4.78, 5) is 28.4. The third-order valence-corrected chi connectivity index (χ3v) is 11.1. The van der Waals surface area contributed by atoms with Crippen LogP contribution < -0.4 is 4.72 Å². The summed E-state index contributed by atoms with van der Waals surface area (Å²) >= 11 is 0. The molecule has 1 atom stereocenters. The standard InChI is InChI=1S/C39H35F3N2O7S2/c1-51-38(46)36(26-27-8-10-29(11-9-27)28-6-4-3-5-7-28)44(25-24-43-53(49,50)35-22-20-34(21-23-35)52(2,47)48)37(45)32-14-12-30(13-15-32)31-16-18-33(19-17-31)39(40,41)42/h3-23,36,43H,24-26H2,1-2H3/t36-/m0/s1. The van der Waals surface area contributed by atoms with E-state index in [-0.39, 0.29) is 34.9 Å². The van der Waals surface area contributed by atoms with Crippen LogP contribution in [-0.4, -0.2) is 66.1 Å². The third-order valence-electron chi connectivity index (χ3n) is 8.48. The maximum atomic E-state index is 14.2. The van der Waals surface area contributed by atoms with Crippen molar-refractivity contribution in [2.45, 2.75) is 28.4 Å². The van der Waals surface area contributed by atoms with Gasteiger partial charge in [0.15, 0.2) is 9.84 Å². The zero-order valence-corrected chi connectivity index (χ0v) is 30.2. The second kappa shape index (κ2) is 16.1. The fraction of sp³-hybridized carbons (Fsp3) is 0.179. The van der Waals surface area contributed by atoms with E-state index in [1.54, 1.807) is 12.1 Å². The summed E-state index contributed by atoms with van der Waals surface area (Å²) in [5.41, 5.74) is 2.98. The minimum atomic E-state index is -4.49. The highest BCUT2D eigenvalue weighted by Crippen LogP contribution is 2.31. The van der Waals surface area contributed by atoms with E-state index in [2.05, 4.69) is 4.72 Å². The number of rotatable bonds is 13. The number of methoxy groups -OCH3 is 1. The summed E-state index contributed by atoms with van der Waals surface area (Å²) in [7, 11) is -6.55. The summed E-state index contributed by atoms with van der Waals surface area (Å²) in [5, 5.41) is 0. The number of amides is 1. The highest BCUT2D eigenvalue weighted by atomic mass is 32.2. The van der Waals surface area contributed by atoms with Crippen molar-refractivity contribution in [2.75, 3.05) is 26.5 Å². The van der Waals surface area contributed by atoms with E-state index in [1.807, 2.05) is 54.6 Å². The minimum absolute atomic E-state index is 0.0246. The van der Waals surface area contributed by atoms with Crippen LogP contribution in [0.25, 0.3) is 22.3 Å². The molecule has 0 bridgehead atoms. The first-order valence-corrected chi connectivity index (χ1v) is 19.5. The third kappa shape index (κ3) is 9.77. The van der Waals surface area contributed by atoms with E-state index in [0.717, 1.165) is 41.6 Å². The largest absolute Gasteiger partial charge is 0.467 e. The van der Waals surface area contributed by atoms with Crippen LogP contribution in [0.3, 0.4) is 0 Å². The predicted octanol–water partition coefficient (Wildman–Crippen LogP) is 6.65. The van der Waals surface area contributed by atoms with Gasteiger partial charge in [-0.1, -0.05) is 78.9 Å². The van der Waals surface area contributed by atoms with Crippen LogP contribution in [0.2, 0.25) is 0 Å². The smallest absolute Gasteiger partial charge is 0.416 e. The van der Waals surface area contributed by atoms with E-state index in [4.69, 9.17) is 4.74 Å². The lowest BCUT2D eigenvalue weighted by atomic mass is 9.99. The van der Waals surface area contributed by atoms with E-state index < -0.39 is 49.5 Å². The van der Waals surface area contributed by atoms with Gasteiger partial charge in [0.05, 0.1) is 22.5 Å². The van der Waals surface area contributed by atoms with Gasteiger partial charge in [-0.25, -0.2) is 26.4 Å². The molecular weight excluding hydrogens is 730 g/mol. The molecule has 5 aromatic rings. The van der Waals surface area contributed by atoms with Gasteiger partial charge >= 0.3 is 12.1 Å². The highest BCUT2D eigenvalue weighted by molar-refractivity contribution is 7.90. The van der Waals surface area contributed by atoms with Gasteiger partial charge in [-0.15, -0.1) is 0 Å². The Morgan fingerprint density at radius 2 is 1.19 bits per heavy atom. The number of carbonyl (C=O) groups excluding carboxylic acids is 2. The normalized spacial score (nSPS) is 12.5. The maximum Gasteiger partial charge on any atom is 0.416 e. The average Bonchev–Trinajstić information content (AvgIpc) is 3.15. The Morgan fingerprint density at radius 3 is 1.70 bits per heavy atom. The number of esters is 1. The number of sulfonamides is 1. The fourth-order valence-electron chi connectivity index (χ4n) is 5.62. The zero-order chi connectivity index (χ0) is 38.4. The van der Waals surface area contributed by atoms with Crippen LogP contribution in [-0.2, 0) is 42.0 Å². The van der Waals surface area contributed by atoms with Crippen molar-refractivity contribution in [1.29, 1.82) is 0 Å². The molecule has 14 heteroatoms. The molecule has 1 N–H and O–H groups in total. The molecule has 0 saturated carbocycles. The van der Waals surface area contributed by atoms with Gasteiger partial charge < -0.3 is 9.64 Å². The van der Waals surface area contributed by atoms with Crippen LogP contribution in [0.15, 0.2) is 137 Å². The topological polar surface area (TPSA) is 127 Å². The summed E-state index contributed by atoms with van der Waals surface area (Å²) < 4.78 is 96.7. The van der Waals surface area contributed by atoms with E-state index in [1.165, 1.54) is 48.4 Å². The number of alkyl halides is 3. The Balaban J connectivity index is 1.42. The molecule has 0 spiro atoms. The SMILES string of the molecule is COC(=O)[C@H](Cc1ccc(-c2ccccc2)cc1)N(CCNS(=O)(=O)c1ccc(S(C)(=O)=O)cc1)C(=O)c1ccc(-c2ccc(C(F)(F)F)cc2)cc1. The first-order chi connectivity index (χ1) is 25.1. The number of carbonyl (C=O) groups is 2. The quantitative estimate of drug-likeness (QED) is 0.133. The number of hydrogen-bond acceptors (Lipinski definition) is 7. The first-order valence-electron chi connectivity index (χ1n) is 16.2. The van der Waals surface area contributed by atoms with Crippen molar-refractivity contribution >= 4 is 31.7 Å². The van der Waals surface area contributed by atoms with Crippen LogP contribution in [0.4, 0.5) is 13.2 Å². The lowest BCUT2D eigenvalue weighted by Gasteiger charge is -2.30. The lowest BCUT2D eigenvalue weighted by Crippen LogP contribution is -2.49. The van der Waals surface area contributed by atoms with Crippen LogP contribution in [0, 0.1) is 0 Å². The average molecular weight is 765 g/mol. The van der Waals surface area contributed by atoms with Gasteiger partial charge in [-0.05, 0) is 76.3 Å². The van der Waals surface area contributed by atoms with Crippen molar-refractivity contribution in [1.82, 2.24) is 9.62 Å². The molecule has 0 radical (unpaired) electrons. The zero-order valence-electron chi connectivity index (χ0n) is 28.6. The van der Waals surface area contributed by atoms with Gasteiger partial charge in [0, 0.05) is 31.3 Å². The van der Waals surface area contributed by atoms with Gasteiger partial charge in [0.25, 0.3) is 5.91 Å². The Hall–Kier alpha value is -5.31. The van der Waals surface area contributed by atoms with Crippen molar-refractivity contribution in [3.63, 3.8) is 0 Å². The monoisotopic (exact) mass is 764 g/mol. The van der Waals surface area contributed by atoms with Crippen molar-refractivity contribution in [3.05, 3.63) is 144 Å². The molecule has 5 aromatic carbocycles. The van der Waals surface area contributed by atoms with E-state index in [0.29, 0.717) is 16.7 Å². The lowest BCUT2D eigenvalue weighted by molar-refractivity contribution is -0.146. The number of benzene rings is 5. The summed E-state index contributed by atoms with van der Waals surface area (Å²) in [5.74, 6) is -1.37. The molecule has 0 heterocycles. The Morgan fingerprint density at radius 1 is 0.698 bits per heavy atom. The number of hydrogen-bond donors (Lipinski definition) is 1. The van der Waals surface area contributed by atoms with Crippen molar-refractivity contribution in [3.8, 4) is 22.3 Å². The molecule has 0 aromatic heterocycles. The van der Waals surface area contributed by atoms with Crippen LogP contribution in [0.5, 0.6) is 0 Å². The molecule has 0 aliphatic rings. The van der Waals surface area contributed by atoms with Gasteiger partial charge in [-0.3, -0.25) is 4.79 Å². The fourth-order valence-corrected chi connectivity index (χ4v) is 7.27. The molecule has 0 aliphatic heterocycles. The molecule has 0 saturated heterocycles. The molecule has 276 valence electrons. The second-order valence-electron chi connectivity index (χ2n) is 12.1. The summed E-state index contributed by atoms with van der Waals surface area (Å²) in [6.07, 6.45) is -3.47. The number of halogens is 3. The number of ether oxygens (including phenoxy) is 1. The Bertz CT molecular complexity index is 2260. The Kier molecular flexibility index (Phi) is 11.9. The molecule has 1 amide bonds. The molecule has 0 fully saturated rings. The molecule has 5 rings (SSSR count). The van der Waals surface area contributed by atoms with Crippen molar-refractivity contribution in [2.24, 2.45) is 0 Å². The number of sulfone groups is 1. The highest BCUT2D eigenvalue weighted by Gasteiger charge is 2.32. The molecular formula is C39H35F3N2O7S2. The molecule has 53 heavy (non-hydrogen) atoms. The van der Waals surface area contributed by atoms with E-state index in [9.17, 15) is 39.6 Å². The summed E-state index contributed by atoms with van der Waals surface area (Å²) in [6.45, 7) is -0.603. The summed E-state index contributed by atoms with van der Waals surface area (Å²) in [6, 6.07) is 31.1.